The van der Waals surface area contributed by atoms with Crippen molar-refractivity contribution < 1.29 is 22.5 Å². The highest BCUT2D eigenvalue weighted by molar-refractivity contribution is 14.1. The molecular weight excluding hydrogens is 788 g/mol. The van der Waals surface area contributed by atoms with Crippen LogP contribution in [0.3, 0.4) is 0 Å². The van der Waals surface area contributed by atoms with E-state index < -0.39 is 16.1 Å². The van der Waals surface area contributed by atoms with Gasteiger partial charge in [-0.25, -0.2) is 0 Å². The van der Waals surface area contributed by atoms with Crippen LogP contribution in [-0.4, -0.2) is 25.0 Å². The summed E-state index contributed by atoms with van der Waals surface area (Å²) in [6, 6.07) is 0. The summed E-state index contributed by atoms with van der Waals surface area (Å²) in [4.78, 5) is 12.1. The third-order valence-electron chi connectivity index (χ3n) is 3.75. The van der Waals surface area contributed by atoms with E-state index in [4.69, 9.17) is 4.74 Å². The molecule has 1 N–H and O–H groups in total. The first-order valence-electron chi connectivity index (χ1n) is 7.14. The van der Waals surface area contributed by atoms with Gasteiger partial charge < -0.3 is 4.74 Å². The summed E-state index contributed by atoms with van der Waals surface area (Å²) in [6.45, 7) is 0. The second-order valence-corrected chi connectivity index (χ2v) is 11.1. The van der Waals surface area contributed by atoms with E-state index in [1.54, 1.807) is 0 Å². The maximum Gasteiger partial charge on any atom is 0.310 e. The number of hydrogen-bond donors (Lipinski definition) is 1. The molecule has 0 bridgehead atoms. The number of carbonyl (C=O) groups excluding carboxylic acids is 1. The van der Waals surface area contributed by atoms with Crippen molar-refractivity contribution in [3.05, 3.63) is 19.8 Å². The molecule has 1 fully saturated rings. The van der Waals surface area contributed by atoms with E-state index in [9.17, 15) is 17.8 Å². The van der Waals surface area contributed by atoms with Gasteiger partial charge in [-0.2, -0.15) is 8.42 Å². The van der Waals surface area contributed by atoms with E-state index in [2.05, 4.69) is 22.6 Å². The lowest BCUT2D eigenvalue weighted by atomic mass is 9.98. The average molecular weight is 802 g/mol. The minimum Gasteiger partial charge on any atom is -0.462 e. The standard InChI is InChI=1S/C14H14I4O5S/c15-10-8(6-9(19)23-7-4-2-1-3-5-7)14(24(20,21)22)13(18)12(17)11(10)16/h7H,1-6H2,(H,20,21,22). The maximum atomic E-state index is 12.3. The fraction of sp³-hybridized carbons (Fsp3) is 0.500. The summed E-state index contributed by atoms with van der Waals surface area (Å²) in [5, 5.41) is 0. The molecule has 0 aromatic heterocycles. The molecule has 0 heterocycles. The molecule has 0 aliphatic heterocycles. The highest BCUT2D eigenvalue weighted by atomic mass is 127. The zero-order valence-electron chi connectivity index (χ0n) is 12.3. The number of ether oxygens (including phenoxy) is 1. The number of esters is 1. The summed E-state index contributed by atoms with van der Waals surface area (Å²) in [5.41, 5.74) is 0.313. The van der Waals surface area contributed by atoms with Crippen molar-refractivity contribution in [3.8, 4) is 0 Å². The second kappa shape index (κ2) is 9.14. The largest absolute Gasteiger partial charge is 0.462 e. The Morgan fingerprint density at radius 3 is 2.08 bits per heavy atom. The molecule has 5 nitrogen and oxygen atoms in total. The molecule has 1 aromatic rings. The molecule has 10 heteroatoms. The zero-order chi connectivity index (χ0) is 18.1. The number of benzene rings is 1. The maximum absolute atomic E-state index is 12.3. The highest BCUT2D eigenvalue weighted by Gasteiger charge is 2.29. The van der Waals surface area contributed by atoms with E-state index in [0.717, 1.165) is 39.2 Å². The first-order valence-corrected chi connectivity index (χ1v) is 12.9. The molecule has 0 amide bonds. The Morgan fingerprint density at radius 2 is 1.54 bits per heavy atom. The molecule has 134 valence electrons. The molecule has 0 unspecified atom stereocenters. The Labute approximate surface area is 195 Å². The van der Waals surface area contributed by atoms with Gasteiger partial charge in [0.15, 0.2) is 0 Å². The summed E-state index contributed by atoms with van der Waals surface area (Å²) in [6.07, 6.45) is 4.72. The highest BCUT2D eigenvalue weighted by Crippen LogP contribution is 2.36. The summed E-state index contributed by atoms with van der Waals surface area (Å²) in [5.74, 6) is -0.447. The van der Waals surface area contributed by atoms with Crippen LogP contribution in [0.25, 0.3) is 0 Å². The van der Waals surface area contributed by atoms with Crippen molar-refractivity contribution in [2.75, 3.05) is 0 Å². The minimum atomic E-state index is -4.43. The third kappa shape index (κ3) is 5.28. The molecule has 1 aliphatic rings. The summed E-state index contributed by atoms with van der Waals surface area (Å²) in [7, 11) is -4.43. The molecule has 0 spiro atoms. The number of rotatable bonds is 4. The molecule has 1 aromatic carbocycles. The lowest BCUT2D eigenvalue weighted by Gasteiger charge is -2.22. The van der Waals surface area contributed by atoms with E-state index in [1.165, 1.54) is 0 Å². The van der Waals surface area contributed by atoms with Gasteiger partial charge in [0.2, 0.25) is 0 Å². The quantitative estimate of drug-likeness (QED) is 0.156. The van der Waals surface area contributed by atoms with E-state index in [1.807, 2.05) is 67.8 Å². The molecule has 1 saturated carbocycles. The van der Waals surface area contributed by atoms with Crippen LogP contribution in [0.2, 0.25) is 0 Å². The molecule has 24 heavy (non-hydrogen) atoms. The molecule has 0 radical (unpaired) electrons. The molecule has 2 rings (SSSR count). The van der Waals surface area contributed by atoms with Gasteiger partial charge in [0.1, 0.15) is 11.0 Å². The van der Waals surface area contributed by atoms with Gasteiger partial charge in [0.05, 0.1) is 6.42 Å². The number of halogens is 4. The van der Waals surface area contributed by atoms with Crippen LogP contribution in [0.1, 0.15) is 37.7 Å². The molecule has 0 atom stereocenters. The van der Waals surface area contributed by atoms with Crippen molar-refractivity contribution >= 4 is 106 Å². The Hall–Kier alpha value is 1.52. The lowest BCUT2D eigenvalue weighted by Crippen LogP contribution is -2.23. The normalized spacial score (nSPS) is 16.2. The van der Waals surface area contributed by atoms with Gasteiger partial charge in [0.25, 0.3) is 10.1 Å². The van der Waals surface area contributed by atoms with Crippen molar-refractivity contribution in [1.29, 1.82) is 0 Å². The van der Waals surface area contributed by atoms with E-state index in [0.29, 0.717) is 12.7 Å². The second-order valence-electron chi connectivity index (χ2n) is 5.47. The number of carbonyl (C=O) groups is 1. The van der Waals surface area contributed by atoms with Crippen LogP contribution in [-0.2, 0) is 26.1 Å². The summed E-state index contributed by atoms with van der Waals surface area (Å²) < 4.78 is 41.5. The Morgan fingerprint density at radius 1 is 1.00 bits per heavy atom. The predicted molar refractivity (Wildman–Crippen MR) is 124 cm³/mol. The Bertz CT molecular complexity index is 757. The number of hydrogen-bond acceptors (Lipinski definition) is 4. The Balaban J connectivity index is 2.36. The SMILES string of the molecule is O=C(Cc1c(I)c(I)c(I)c(I)c1S(=O)(=O)O)OC1CCCCC1. The average Bonchev–Trinajstić information content (AvgIpc) is 2.50. The van der Waals surface area contributed by atoms with Gasteiger partial charge in [-0.05, 0) is 122 Å². The summed E-state index contributed by atoms with van der Waals surface area (Å²) >= 11 is 8.07. The molecule has 0 saturated heterocycles. The van der Waals surface area contributed by atoms with Crippen molar-refractivity contribution in [1.82, 2.24) is 0 Å². The topological polar surface area (TPSA) is 80.7 Å². The monoisotopic (exact) mass is 802 g/mol. The van der Waals surface area contributed by atoms with Crippen LogP contribution in [0.4, 0.5) is 0 Å². The van der Waals surface area contributed by atoms with Gasteiger partial charge in [0, 0.05) is 14.3 Å². The first kappa shape index (κ1) is 21.8. The molecular formula is C14H14I4O5S. The van der Waals surface area contributed by atoms with Crippen LogP contribution >= 0.6 is 90.4 Å². The third-order valence-corrected chi connectivity index (χ3v) is 12.6. The van der Waals surface area contributed by atoms with Crippen LogP contribution in [0.15, 0.2) is 4.90 Å². The van der Waals surface area contributed by atoms with E-state index >= 15 is 0 Å². The van der Waals surface area contributed by atoms with Gasteiger partial charge in [-0.15, -0.1) is 0 Å². The zero-order valence-corrected chi connectivity index (χ0v) is 21.8. The van der Waals surface area contributed by atoms with Gasteiger partial charge in [-0.1, -0.05) is 6.42 Å². The molecule has 1 aliphatic carbocycles. The smallest absolute Gasteiger partial charge is 0.310 e. The Kier molecular flexibility index (Phi) is 8.31. The lowest BCUT2D eigenvalue weighted by molar-refractivity contribution is -0.149. The van der Waals surface area contributed by atoms with E-state index in [-0.39, 0.29) is 17.4 Å². The van der Waals surface area contributed by atoms with Gasteiger partial charge >= 0.3 is 5.97 Å². The minimum absolute atomic E-state index is 0.0833. The fourth-order valence-corrected chi connectivity index (χ4v) is 8.15. The fourth-order valence-electron chi connectivity index (χ4n) is 2.64. The van der Waals surface area contributed by atoms with Crippen LogP contribution in [0.5, 0.6) is 0 Å². The van der Waals surface area contributed by atoms with Crippen molar-refractivity contribution in [3.63, 3.8) is 0 Å². The van der Waals surface area contributed by atoms with Crippen LogP contribution in [0, 0.1) is 14.3 Å². The van der Waals surface area contributed by atoms with Crippen LogP contribution < -0.4 is 0 Å². The van der Waals surface area contributed by atoms with Crippen molar-refractivity contribution in [2.45, 2.75) is 49.5 Å². The predicted octanol–water partition coefficient (Wildman–Crippen LogP) is 4.77. The van der Waals surface area contributed by atoms with Crippen molar-refractivity contribution in [2.24, 2.45) is 0 Å². The van der Waals surface area contributed by atoms with Gasteiger partial charge in [-0.3, -0.25) is 9.35 Å². The first-order chi connectivity index (χ1) is 11.1.